The summed E-state index contributed by atoms with van der Waals surface area (Å²) < 4.78 is 10.5. The van der Waals surface area contributed by atoms with Crippen molar-refractivity contribution in [3.8, 4) is 11.5 Å². The van der Waals surface area contributed by atoms with Crippen LogP contribution in [0.25, 0.3) is 0 Å². The van der Waals surface area contributed by atoms with Crippen LogP contribution < -0.4 is 20.5 Å². The van der Waals surface area contributed by atoms with Gasteiger partial charge in [-0.2, -0.15) is 0 Å². The maximum Gasteiger partial charge on any atom is 0.257 e. The molecule has 0 spiro atoms. The van der Waals surface area contributed by atoms with E-state index in [0.717, 1.165) is 13.1 Å². The Morgan fingerprint density at radius 1 is 1.26 bits per heavy atom. The van der Waals surface area contributed by atoms with Gasteiger partial charge in [0.2, 0.25) is 0 Å². The van der Waals surface area contributed by atoms with E-state index in [4.69, 9.17) is 15.2 Å². The van der Waals surface area contributed by atoms with Gasteiger partial charge in [0, 0.05) is 37.9 Å². The van der Waals surface area contributed by atoms with Crippen molar-refractivity contribution in [2.24, 2.45) is 0 Å². The Balaban J connectivity index is 2.36. The molecule has 1 aliphatic heterocycles. The van der Waals surface area contributed by atoms with Crippen LogP contribution in [-0.2, 0) is 0 Å². The van der Waals surface area contributed by atoms with Crippen molar-refractivity contribution in [1.82, 2.24) is 10.2 Å². The van der Waals surface area contributed by atoms with Gasteiger partial charge >= 0.3 is 0 Å². The van der Waals surface area contributed by atoms with Crippen molar-refractivity contribution < 1.29 is 14.3 Å². The summed E-state index contributed by atoms with van der Waals surface area (Å²) in [5.41, 5.74) is 6.74. The lowest BCUT2D eigenvalue weighted by Crippen LogP contribution is -2.46. The Kier molecular flexibility index (Phi) is 4.11. The summed E-state index contributed by atoms with van der Waals surface area (Å²) in [6.45, 7) is 2.96. The molecule has 6 heteroatoms. The lowest BCUT2D eigenvalue weighted by Gasteiger charge is -2.28. The molecule has 2 rings (SSSR count). The van der Waals surface area contributed by atoms with Gasteiger partial charge in [-0.15, -0.1) is 0 Å². The molecule has 0 aliphatic carbocycles. The molecule has 0 atom stereocenters. The molecule has 1 aromatic rings. The van der Waals surface area contributed by atoms with Crippen molar-refractivity contribution in [2.75, 3.05) is 46.1 Å². The first kappa shape index (κ1) is 13.5. The third kappa shape index (κ3) is 2.73. The summed E-state index contributed by atoms with van der Waals surface area (Å²) in [4.78, 5) is 14.3. The zero-order chi connectivity index (χ0) is 13.8. The second-order valence-electron chi connectivity index (χ2n) is 4.35. The predicted molar refractivity (Wildman–Crippen MR) is 72.7 cm³/mol. The van der Waals surface area contributed by atoms with Crippen LogP contribution in [0.5, 0.6) is 11.5 Å². The summed E-state index contributed by atoms with van der Waals surface area (Å²) >= 11 is 0. The quantitative estimate of drug-likeness (QED) is 0.770. The van der Waals surface area contributed by atoms with E-state index in [1.807, 2.05) is 0 Å². The second-order valence-corrected chi connectivity index (χ2v) is 4.35. The zero-order valence-corrected chi connectivity index (χ0v) is 11.2. The Morgan fingerprint density at radius 3 is 2.53 bits per heavy atom. The summed E-state index contributed by atoms with van der Waals surface area (Å²) in [6, 6.07) is 3.28. The smallest absolute Gasteiger partial charge is 0.257 e. The van der Waals surface area contributed by atoms with E-state index in [1.54, 1.807) is 17.0 Å². The van der Waals surface area contributed by atoms with Gasteiger partial charge in [0.15, 0.2) is 11.5 Å². The molecule has 104 valence electrons. The molecule has 1 aliphatic rings. The summed E-state index contributed by atoms with van der Waals surface area (Å²) in [6.07, 6.45) is 0. The van der Waals surface area contributed by atoms with Crippen molar-refractivity contribution in [1.29, 1.82) is 0 Å². The molecule has 3 N–H and O–H groups in total. The number of amides is 1. The van der Waals surface area contributed by atoms with Gasteiger partial charge in [-0.1, -0.05) is 0 Å². The van der Waals surface area contributed by atoms with Crippen molar-refractivity contribution >= 4 is 11.6 Å². The van der Waals surface area contributed by atoms with Crippen LogP contribution in [0.2, 0.25) is 0 Å². The lowest BCUT2D eigenvalue weighted by atomic mass is 10.1. The molecule has 1 heterocycles. The minimum Gasteiger partial charge on any atom is -0.493 e. The fourth-order valence-electron chi connectivity index (χ4n) is 2.18. The summed E-state index contributed by atoms with van der Waals surface area (Å²) in [7, 11) is 3.04. The zero-order valence-electron chi connectivity index (χ0n) is 11.2. The Hall–Kier alpha value is -1.95. The van der Waals surface area contributed by atoms with Gasteiger partial charge in [0.25, 0.3) is 5.91 Å². The van der Waals surface area contributed by atoms with E-state index in [2.05, 4.69) is 5.32 Å². The number of benzene rings is 1. The van der Waals surface area contributed by atoms with Crippen molar-refractivity contribution in [2.45, 2.75) is 0 Å². The third-order valence-corrected chi connectivity index (χ3v) is 3.14. The average molecular weight is 265 g/mol. The Morgan fingerprint density at radius 2 is 1.95 bits per heavy atom. The lowest BCUT2D eigenvalue weighted by molar-refractivity contribution is 0.0732. The van der Waals surface area contributed by atoms with Gasteiger partial charge in [0.1, 0.15) is 0 Å². The van der Waals surface area contributed by atoms with Crippen LogP contribution >= 0.6 is 0 Å². The first-order valence-electron chi connectivity index (χ1n) is 6.19. The van der Waals surface area contributed by atoms with Gasteiger partial charge in [0.05, 0.1) is 19.8 Å². The van der Waals surface area contributed by atoms with Gasteiger partial charge in [-0.05, 0) is 6.07 Å². The summed E-state index contributed by atoms with van der Waals surface area (Å²) in [5.74, 6) is 0.824. The average Bonchev–Trinajstić information content (AvgIpc) is 2.46. The highest BCUT2D eigenvalue weighted by Crippen LogP contribution is 2.34. The number of anilines is 1. The highest BCUT2D eigenvalue weighted by Gasteiger charge is 2.23. The first-order valence-corrected chi connectivity index (χ1v) is 6.19. The minimum atomic E-state index is -0.0797. The molecule has 19 heavy (non-hydrogen) atoms. The van der Waals surface area contributed by atoms with E-state index in [-0.39, 0.29) is 5.91 Å². The number of nitrogen functional groups attached to an aromatic ring is 1. The predicted octanol–water partition coefficient (Wildman–Crippen LogP) is 0.331. The first-order chi connectivity index (χ1) is 9.17. The van der Waals surface area contributed by atoms with Gasteiger partial charge in [-0.3, -0.25) is 4.79 Å². The second kappa shape index (κ2) is 5.79. The molecule has 0 aromatic heterocycles. The normalized spacial score (nSPS) is 15.2. The van der Waals surface area contributed by atoms with E-state index in [0.29, 0.717) is 35.8 Å². The fraction of sp³-hybridized carbons (Fsp3) is 0.462. The number of hydrogen-bond acceptors (Lipinski definition) is 5. The topological polar surface area (TPSA) is 76.8 Å². The molecular weight excluding hydrogens is 246 g/mol. The van der Waals surface area contributed by atoms with Gasteiger partial charge < -0.3 is 25.4 Å². The van der Waals surface area contributed by atoms with Crippen LogP contribution in [0, 0.1) is 0 Å². The molecule has 1 fully saturated rings. The number of nitrogens with zero attached hydrogens (tertiary/aromatic N) is 1. The largest absolute Gasteiger partial charge is 0.493 e. The number of carbonyl (C=O) groups excluding carboxylic acids is 1. The minimum absolute atomic E-state index is 0.0797. The van der Waals surface area contributed by atoms with E-state index >= 15 is 0 Å². The number of piperazine rings is 1. The molecular formula is C13H19N3O3. The molecule has 1 aromatic carbocycles. The molecule has 1 saturated heterocycles. The van der Waals surface area contributed by atoms with E-state index < -0.39 is 0 Å². The number of hydrogen-bond donors (Lipinski definition) is 2. The molecule has 6 nitrogen and oxygen atoms in total. The van der Waals surface area contributed by atoms with Crippen molar-refractivity contribution in [3.05, 3.63) is 17.7 Å². The Labute approximate surface area is 112 Å². The number of rotatable bonds is 3. The highest BCUT2D eigenvalue weighted by molar-refractivity contribution is 5.99. The molecule has 0 unspecified atom stereocenters. The van der Waals surface area contributed by atoms with Crippen LogP contribution in [0.3, 0.4) is 0 Å². The molecule has 0 bridgehead atoms. The maximum atomic E-state index is 12.5. The van der Waals surface area contributed by atoms with E-state index in [9.17, 15) is 4.79 Å². The van der Waals surface area contributed by atoms with Crippen LogP contribution in [0.4, 0.5) is 5.69 Å². The number of nitrogens with one attached hydrogen (secondary N) is 1. The molecule has 1 amide bonds. The van der Waals surface area contributed by atoms with E-state index in [1.165, 1.54) is 14.2 Å². The number of ether oxygens (including phenoxy) is 2. The van der Waals surface area contributed by atoms with Gasteiger partial charge in [-0.25, -0.2) is 0 Å². The number of methoxy groups -OCH3 is 2. The van der Waals surface area contributed by atoms with Crippen LogP contribution in [0.15, 0.2) is 12.1 Å². The monoisotopic (exact) mass is 265 g/mol. The van der Waals surface area contributed by atoms with Crippen LogP contribution in [0.1, 0.15) is 10.4 Å². The SMILES string of the molecule is COc1cc(N)cc(C(=O)N2CCNCC2)c1OC. The maximum absolute atomic E-state index is 12.5. The highest BCUT2D eigenvalue weighted by atomic mass is 16.5. The van der Waals surface area contributed by atoms with Crippen molar-refractivity contribution in [3.63, 3.8) is 0 Å². The van der Waals surface area contributed by atoms with Crippen LogP contribution in [-0.4, -0.2) is 51.2 Å². The molecule has 0 saturated carbocycles. The summed E-state index contributed by atoms with van der Waals surface area (Å²) in [5, 5.41) is 3.21. The fourth-order valence-corrected chi connectivity index (χ4v) is 2.18. The Bertz CT molecular complexity index is 470. The third-order valence-electron chi connectivity index (χ3n) is 3.14. The number of carbonyl (C=O) groups is 1. The number of nitrogens with two attached hydrogens (primary N) is 1. The standard InChI is InChI=1S/C13H19N3O3/c1-18-11-8-9(14)7-10(12(11)19-2)13(17)16-5-3-15-4-6-16/h7-8,15H,3-6,14H2,1-2H3. The molecule has 0 radical (unpaired) electrons.